The van der Waals surface area contributed by atoms with Gasteiger partial charge in [0.1, 0.15) is 5.69 Å². The van der Waals surface area contributed by atoms with E-state index < -0.39 is 0 Å². The van der Waals surface area contributed by atoms with Crippen LogP contribution in [0.15, 0.2) is 41.3 Å². The van der Waals surface area contributed by atoms with E-state index in [-0.39, 0.29) is 11.9 Å². The molecular formula is C13H14BrN3O. The van der Waals surface area contributed by atoms with Crippen LogP contribution in [0, 0.1) is 0 Å². The minimum atomic E-state index is -0.164. The number of halogens is 1. The number of aryl methyl sites for hydroxylation is 1. The van der Waals surface area contributed by atoms with Gasteiger partial charge in [0.2, 0.25) is 0 Å². The highest BCUT2D eigenvalue weighted by Gasteiger charge is 2.13. The van der Waals surface area contributed by atoms with E-state index in [0.29, 0.717) is 5.69 Å². The Balaban J connectivity index is 2.07. The Labute approximate surface area is 114 Å². The lowest BCUT2D eigenvalue weighted by Gasteiger charge is -2.13. The van der Waals surface area contributed by atoms with Crippen LogP contribution in [-0.4, -0.2) is 15.5 Å². The summed E-state index contributed by atoms with van der Waals surface area (Å²) in [5, 5.41) is 2.92. The van der Waals surface area contributed by atoms with Crippen molar-refractivity contribution in [1.82, 2.24) is 14.9 Å². The van der Waals surface area contributed by atoms with Gasteiger partial charge in [-0.25, -0.2) is 4.98 Å². The molecule has 1 aromatic heterocycles. The molecule has 94 valence electrons. The van der Waals surface area contributed by atoms with Gasteiger partial charge < -0.3 is 9.88 Å². The van der Waals surface area contributed by atoms with E-state index in [2.05, 4.69) is 26.2 Å². The van der Waals surface area contributed by atoms with Crippen LogP contribution < -0.4 is 5.32 Å². The number of hydrogen-bond acceptors (Lipinski definition) is 2. The first-order valence-corrected chi connectivity index (χ1v) is 6.40. The van der Waals surface area contributed by atoms with Crippen LogP contribution in [-0.2, 0) is 7.05 Å². The largest absolute Gasteiger partial charge is 0.344 e. The van der Waals surface area contributed by atoms with Crippen LogP contribution >= 0.6 is 15.9 Å². The third kappa shape index (κ3) is 2.98. The monoisotopic (exact) mass is 307 g/mol. The molecule has 0 aliphatic heterocycles. The van der Waals surface area contributed by atoms with Crippen LogP contribution in [0.5, 0.6) is 0 Å². The molecule has 4 nitrogen and oxygen atoms in total. The molecule has 1 atom stereocenters. The first-order valence-electron chi connectivity index (χ1n) is 5.60. The first-order chi connectivity index (χ1) is 8.56. The number of carbonyl (C=O) groups excluding carboxylic acids is 1. The fourth-order valence-electron chi connectivity index (χ4n) is 1.66. The molecule has 2 rings (SSSR count). The maximum Gasteiger partial charge on any atom is 0.271 e. The van der Waals surface area contributed by atoms with Crippen LogP contribution in [0.25, 0.3) is 0 Å². The average Bonchev–Trinajstić information content (AvgIpc) is 2.76. The summed E-state index contributed by atoms with van der Waals surface area (Å²) in [5.41, 5.74) is 1.48. The van der Waals surface area contributed by atoms with Crippen molar-refractivity contribution < 1.29 is 4.79 Å². The molecule has 1 aromatic carbocycles. The zero-order chi connectivity index (χ0) is 13.1. The second-order valence-electron chi connectivity index (χ2n) is 4.17. The molecule has 0 aliphatic carbocycles. The van der Waals surface area contributed by atoms with E-state index in [0.717, 1.165) is 10.0 Å². The lowest BCUT2D eigenvalue weighted by Crippen LogP contribution is -2.26. The number of nitrogens with zero attached hydrogens (tertiary/aromatic N) is 2. The second-order valence-corrected chi connectivity index (χ2v) is 5.09. The van der Waals surface area contributed by atoms with Gasteiger partial charge in [-0.1, -0.05) is 28.1 Å². The molecule has 1 amide bonds. The standard InChI is InChI=1S/C13H14BrN3O/c1-9(10-4-3-5-11(14)6-10)16-13(18)12-7-17(2)8-15-12/h3-9H,1-2H3,(H,16,18). The van der Waals surface area contributed by atoms with Gasteiger partial charge in [0, 0.05) is 17.7 Å². The highest BCUT2D eigenvalue weighted by atomic mass is 79.9. The van der Waals surface area contributed by atoms with E-state index in [4.69, 9.17) is 0 Å². The van der Waals surface area contributed by atoms with Crippen molar-refractivity contribution >= 4 is 21.8 Å². The van der Waals surface area contributed by atoms with Gasteiger partial charge in [0.25, 0.3) is 5.91 Å². The molecule has 0 saturated heterocycles. The minimum absolute atomic E-state index is 0.0583. The van der Waals surface area contributed by atoms with Gasteiger partial charge in [-0.2, -0.15) is 0 Å². The quantitative estimate of drug-likeness (QED) is 0.947. The molecule has 0 saturated carbocycles. The van der Waals surface area contributed by atoms with E-state index in [9.17, 15) is 4.79 Å². The van der Waals surface area contributed by atoms with E-state index in [1.807, 2.05) is 38.2 Å². The minimum Gasteiger partial charge on any atom is -0.344 e. The van der Waals surface area contributed by atoms with Crippen molar-refractivity contribution in [2.24, 2.45) is 7.05 Å². The maximum atomic E-state index is 11.9. The molecule has 1 N–H and O–H groups in total. The van der Waals surface area contributed by atoms with Crippen molar-refractivity contribution in [2.45, 2.75) is 13.0 Å². The predicted molar refractivity (Wildman–Crippen MR) is 73.2 cm³/mol. The van der Waals surface area contributed by atoms with Crippen molar-refractivity contribution in [3.63, 3.8) is 0 Å². The Morgan fingerprint density at radius 3 is 2.89 bits per heavy atom. The van der Waals surface area contributed by atoms with Crippen LogP contribution in [0.4, 0.5) is 0 Å². The Bertz CT molecular complexity index is 565. The topological polar surface area (TPSA) is 46.9 Å². The summed E-state index contributed by atoms with van der Waals surface area (Å²) in [7, 11) is 1.83. The highest BCUT2D eigenvalue weighted by Crippen LogP contribution is 2.18. The van der Waals surface area contributed by atoms with Gasteiger partial charge in [-0.15, -0.1) is 0 Å². The lowest BCUT2D eigenvalue weighted by atomic mass is 10.1. The van der Waals surface area contributed by atoms with Crippen molar-refractivity contribution in [3.05, 3.63) is 52.5 Å². The molecule has 0 radical (unpaired) electrons. The summed E-state index contributed by atoms with van der Waals surface area (Å²) in [6, 6.07) is 7.81. The second kappa shape index (κ2) is 5.35. The fraction of sp³-hybridized carbons (Fsp3) is 0.231. The third-order valence-electron chi connectivity index (χ3n) is 2.63. The smallest absolute Gasteiger partial charge is 0.271 e. The number of imidazole rings is 1. The maximum absolute atomic E-state index is 11.9. The van der Waals surface area contributed by atoms with Crippen LogP contribution in [0.3, 0.4) is 0 Å². The summed E-state index contributed by atoms with van der Waals surface area (Å²) >= 11 is 3.42. The van der Waals surface area contributed by atoms with E-state index in [1.54, 1.807) is 17.1 Å². The summed E-state index contributed by atoms with van der Waals surface area (Å²) in [4.78, 5) is 15.9. The molecule has 0 fully saturated rings. The molecule has 0 aliphatic rings. The fourth-order valence-corrected chi connectivity index (χ4v) is 2.08. The van der Waals surface area contributed by atoms with Gasteiger partial charge >= 0.3 is 0 Å². The van der Waals surface area contributed by atoms with E-state index in [1.165, 1.54) is 0 Å². The van der Waals surface area contributed by atoms with Crippen molar-refractivity contribution in [2.75, 3.05) is 0 Å². The average molecular weight is 308 g/mol. The van der Waals surface area contributed by atoms with Gasteiger partial charge in [0.15, 0.2) is 0 Å². The Hall–Kier alpha value is -1.62. The zero-order valence-electron chi connectivity index (χ0n) is 10.2. The molecule has 5 heteroatoms. The Morgan fingerprint density at radius 2 is 2.28 bits per heavy atom. The van der Waals surface area contributed by atoms with Crippen molar-refractivity contribution in [3.8, 4) is 0 Å². The summed E-state index contributed by atoms with van der Waals surface area (Å²) < 4.78 is 2.75. The number of hydrogen-bond donors (Lipinski definition) is 1. The molecular weight excluding hydrogens is 294 g/mol. The number of rotatable bonds is 3. The summed E-state index contributed by atoms with van der Waals surface area (Å²) in [5.74, 6) is -0.164. The zero-order valence-corrected chi connectivity index (χ0v) is 11.8. The van der Waals surface area contributed by atoms with Gasteiger partial charge in [0.05, 0.1) is 12.4 Å². The van der Waals surface area contributed by atoms with E-state index >= 15 is 0 Å². The normalized spacial score (nSPS) is 12.2. The third-order valence-corrected chi connectivity index (χ3v) is 3.13. The first kappa shape index (κ1) is 12.8. The number of benzene rings is 1. The van der Waals surface area contributed by atoms with Gasteiger partial charge in [-0.3, -0.25) is 4.79 Å². The Kier molecular flexibility index (Phi) is 3.81. The number of aromatic nitrogens is 2. The summed E-state index contributed by atoms with van der Waals surface area (Å²) in [6.07, 6.45) is 3.31. The van der Waals surface area contributed by atoms with Gasteiger partial charge in [-0.05, 0) is 24.6 Å². The molecule has 1 unspecified atom stereocenters. The number of carbonyl (C=O) groups is 1. The van der Waals surface area contributed by atoms with Crippen LogP contribution in [0.2, 0.25) is 0 Å². The van der Waals surface area contributed by atoms with Crippen LogP contribution in [0.1, 0.15) is 29.0 Å². The molecule has 2 aromatic rings. The molecule has 1 heterocycles. The number of amides is 1. The number of nitrogens with one attached hydrogen (secondary N) is 1. The predicted octanol–water partition coefficient (Wildman–Crippen LogP) is 2.67. The highest BCUT2D eigenvalue weighted by molar-refractivity contribution is 9.10. The van der Waals surface area contributed by atoms with Crippen molar-refractivity contribution in [1.29, 1.82) is 0 Å². The Morgan fingerprint density at radius 1 is 1.50 bits per heavy atom. The molecule has 18 heavy (non-hydrogen) atoms. The SMILES string of the molecule is CC(NC(=O)c1cn(C)cn1)c1cccc(Br)c1. The molecule has 0 bridgehead atoms. The molecule has 0 spiro atoms. The lowest BCUT2D eigenvalue weighted by molar-refractivity contribution is 0.0935. The summed E-state index contributed by atoms with van der Waals surface area (Å²) in [6.45, 7) is 1.95.